The Kier molecular flexibility index (Phi) is 5.82. The van der Waals surface area contributed by atoms with E-state index in [0.29, 0.717) is 38.8 Å². The number of rotatable bonds is 7. The molecule has 5 nitrogen and oxygen atoms in total. The fourth-order valence-corrected chi connectivity index (χ4v) is 2.82. The van der Waals surface area contributed by atoms with Crippen molar-refractivity contribution in [1.82, 2.24) is 5.32 Å². The van der Waals surface area contributed by atoms with Gasteiger partial charge in [-0.3, -0.25) is 4.79 Å². The van der Waals surface area contributed by atoms with Crippen molar-refractivity contribution in [1.29, 1.82) is 0 Å². The molecule has 0 atom stereocenters. The van der Waals surface area contributed by atoms with Crippen LogP contribution in [0.2, 0.25) is 0 Å². The van der Waals surface area contributed by atoms with Crippen molar-refractivity contribution >= 4 is 5.97 Å². The van der Waals surface area contributed by atoms with Crippen molar-refractivity contribution in [3.05, 3.63) is 24.2 Å². The first-order chi connectivity index (χ1) is 10.1. The molecule has 1 saturated carbocycles. The van der Waals surface area contributed by atoms with Crippen LogP contribution in [-0.4, -0.2) is 36.4 Å². The van der Waals surface area contributed by atoms with Crippen LogP contribution in [0.25, 0.3) is 0 Å². The summed E-state index contributed by atoms with van der Waals surface area (Å²) in [6, 6.07) is 3.82. The molecule has 1 aliphatic rings. The molecule has 1 aromatic rings. The summed E-state index contributed by atoms with van der Waals surface area (Å²) in [4.78, 5) is 11.7. The summed E-state index contributed by atoms with van der Waals surface area (Å²) < 4.78 is 10.3. The van der Waals surface area contributed by atoms with Crippen LogP contribution in [0.4, 0.5) is 0 Å². The van der Waals surface area contributed by atoms with E-state index in [-0.39, 0.29) is 11.9 Å². The first-order valence-corrected chi connectivity index (χ1v) is 7.75. The summed E-state index contributed by atoms with van der Waals surface area (Å²) in [5.74, 6) is 0.777. The number of hydrogen-bond acceptors (Lipinski definition) is 5. The molecule has 0 radical (unpaired) electrons. The summed E-state index contributed by atoms with van der Waals surface area (Å²) in [7, 11) is 0. The molecule has 0 bridgehead atoms. The number of esters is 1. The SMILES string of the molecule is CCOC(=O)C1CCC(O)(CNCCc2ccco2)CC1. The van der Waals surface area contributed by atoms with Gasteiger partial charge in [-0.05, 0) is 44.7 Å². The molecule has 0 spiro atoms. The summed E-state index contributed by atoms with van der Waals surface area (Å²) in [6.45, 7) is 3.58. The molecule has 0 aromatic carbocycles. The molecule has 0 aliphatic heterocycles. The molecule has 5 heteroatoms. The Morgan fingerprint density at radius 1 is 1.52 bits per heavy atom. The third kappa shape index (κ3) is 4.86. The fraction of sp³-hybridized carbons (Fsp3) is 0.688. The van der Waals surface area contributed by atoms with Crippen molar-refractivity contribution in [2.24, 2.45) is 5.92 Å². The van der Waals surface area contributed by atoms with Gasteiger partial charge in [0.25, 0.3) is 0 Å². The van der Waals surface area contributed by atoms with Crippen LogP contribution in [0.5, 0.6) is 0 Å². The zero-order chi connectivity index (χ0) is 15.1. The van der Waals surface area contributed by atoms with E-state index in [1.807, 2.05) is 19.1 Å². The average molecular weight is 295 g/mol. The van der Waals surface area contributed by atoms with E-state index in [9.17, 15) is 9.90 Å². The molecule has 1 aromatic heterocycles. The Morgan fingerprint density at radius 2 is 2.29 bits per heavy atom. The second-order valence-electron chi connectivity index (χ2n) is 5.76. The summed E-state index contributed by atoms with van der Waals surface area (Å²) in [5.41, 5.74) is -0.702. The van der Waals surface area contributed by atoms with E-state index in [0.717, 1.165) is 18.7 Å². The van der Waals surface area contributed by atoms with Crippen molar-refractivity contribution in [3.63, 3.8) is 0 Å². The van der Waals surface area contributed by atoms with Crippen LogP contribution >= 0.6 is 0 Å². The number of aliphatic hydroxyl groups is 1. The summed E-state index contributed by atoms with van der Waals surface area (Å²) in [5, 5.41) is 13.8. The summed E-state index contributed by atoms with van der Waals surface area (Å²) in [6.07, 6.45) is 5.17. The molecule has 1 fully saturated rings. The monoisotopic (exact) mass is 295 g/mol. The summed E-state index contributed by atoms with van der Waals surface area (Å²) >= 11 is 0. The van der Waals surface area contributed by atoms with Gasteiger partial charge in [0.2, 0.25) is 0 Å². The lowest BCUT2D eigenvalue weighted by Gasteiger charge is -2.35. The predicted molar refractivity (Wildman–Crippen MR) is 78.8 cm³/mol. The number of furan rings is 1. The van der Waals surface area contributed by atoms with Crippen LogP contribution in [-0.2, 0) is 16.0 Å². The van der Waals surface area contributed by atoms with Gasteiger partial charge >= 0.3 is 5.97 Å². The van der Waals surface area contributed by atoms with Crippen molar-refractivity contribution < 1.29 is 19.1 Å². The van der Waals surface area contributed by atoms with Gasteiger partial charge in [0.05, 0.1) is 24.4 Å². The third-order valence-electron chi connectivity index (χ3n) is 4.12. The van der Waals surface area contributed by atoms with Gasteiger partial charge in [-0.15, -0.1) is 0 Å². The molecule has 118 valence electrons. The van der Waals surface area contributed by atoms with Gasteiger partial charge in [-0.2, -0.15) is 0 Å². The largest absolute Gasteiger partial charge is 0.469 e. The van der Waals surface area contributed by atoms with Crippen molar-refractivity contribution in [2.45, 2.75) is 44.6 Å². The Morgan fingerprint density at radius 3 is 2.90 bits per heavy atom. The number of nitrogens with one attached hydrogen (secondary N) is 1. The highest BCUT2D eigenvalue weighted by Gasteiger charge is 2.35. The minimum Gasteiger partial charge on any atom is -0.469 e. The van der Waals surface area contributed by atoms with Gasteiger partial charge in [0, 0.05) is 19.5 Å². The molecule has 0 unspecified atom stereocenters. The smallest absolute Gasteiger partial charge is 0.308 e. The average Bonchev–Trinajstić information content (AvgIpc) is 2.98. The number of carbonyl (C=O) groups excluding carboxylic acids is 1. The highest BCUT2D eigenvalue weighted by Crippen LogP contribution is 2.32. The molecule has 21 heavy (non-hydrogen) atoms. The predicted octanol–water partition coefficient (Wildman–Crippen LogP) is 1.90. The normalized spacial score (nSPS) is 25.7. The highest BCUT2D eigenvalue weighted by molar-refractivity contribution is 5.72. The van der Waals surface area contributed by atoms with Gasteiger partial charge in [0.15, 0.2) is 0 Å². The highest BCUT2D eigenvalue weighted by atomic mass is 16.5. The first-order valence-electron chi connectivity index (χ1n) is 7.75. The minimum absolute atomic E-state index is 0.0478. The molecule has 2 rings (SSSR count). The zero-order valence-corrected chi connectivity index (χ0v) is 12.6. The second kappa shape index (κ2) is 7.61. The lowest BCUT2D eigenvalue weighted by molar-refractivity contribution is -0.151. The minimum atomic E-state index is -0.702. The molecule has 0 saturated heterocycles. The van der Waals surface area contributed by atoms with Gasteiger partial charge < -0.3 is 19.6 Å². The zero-order valence-electron chi connectivity index (χ0n) is 12.6. The lowest BCUT2D eigenvalue weighted by atomic mass is 9.79. The third-order valence-corrected chi connectivity index (χ3v) is 4.12. The maximum Gasteiger partial charge on any atom is 0.308 e. The van der Waals surface area contributed by atoms with Crippen LogP contribution < -0.4 is 5.32 Å². The van der Waals surface area contributed by atoms with Crippen LogP contribution in [0.15, 0.2) is 22.8 Å². The van der Waals surface area contributed by atoms with Crippen LogP contribution in [0, 0.1) is 5.92 Å². The first kappa shape index (κ1) is 16.0. The van der Waals surface area contributed by atoms with E-state index in [1.165, 1.54) is 0 Å². The van der Waals surface area contributed by atoms with Crippen LogP contribution in [0.1, 0.15) is 38.4 Å². The molecule has 1 aliphatic carbocycles. The molecule has 2 N–H and O–H groups in total. The van der Waals surface area contributed by atoms with E-state index in [4.69, 9.17) is 9.15 Å². The van der Waals surface area contributed by atoms with E-state index in [1.54, 1.807) is 6.26 Å². The lowest BCUT2D eigenvalue weighted by Crippen LogP contribution is -2.45. The van der Waals surface area contributed by atoms with Crippen molar-refractivity contribution in [3.8, 4) is 0 Å². The van der Waals surface area contributed by atoms with Gasteiger partial charge in [-0.25, -0.2) is 0 Å². The number of ether oxygens (including phenoxy) is 1. The van der Waals surface area contributed by atoms with E-state index < -0.39 is 5.60 Å². The Balaban J connectivity index is 1.66. The quantitative estimate of drug-likeness (QED) is 0.594. The fourth-order valence-electron chi connectivity index (χ4n) is 2.82. The standard InChI is InChI=1S/C16H25NO4/c1-2-20-15(18)13-5-8-16(19,9-6-13)12-17-10-7-14-4-3-11-21-14/h3-4,11,13,17,19H,2,5-10,12H2,1H3. The molecular weight excluding hydrogens is 270 g/mol. The number of hydrogen-bond donors (Lipinski definition) is 2. The molecule has 0 amide bonds. The van der Waals surface area contributed by atoms with Crippen LogP contribution in [0.3, 0.4) is 0 Å². The number of carbonyl (C=O) groups is 1. The van der Waals surface area contributed by atoms with E-state index in [2.05, 4.69) is 5.32 Å². The molecular formula is C16H25NO4. The Bertz CT molecular complexity index is 421. The maximum absolute atomic E-state index is 11.7. The van der Waals surface area contributed by atoms with Gasteiger partial charge in [0.1, 0.15) is 5.76 Å². The Labute approximate surface area is 125 Å². The second-order valence-corrected chi connectivity index (χ2v) is 5.76. The van der Waals surface area contributed by atoms with Gasteiger partial charge in [-0.1, -0.05) is 0 Å². The topological polar surface area (TPSA) is 71.7 Å². The Hall–Kier alpha value is -1.33. The van der Waals surface area contributed by atoms with E-state index >= 15 is 0 Å². The van der Waals surface area contributed by atoms with Crippen molar-refractivity contribution in [2.75, 3.05) is 19.7 Å². The molecule has 1 heterocycles. The maximum atomic E-state index is 11.7.